The highest BCUT2D eigenvalue weighted by atomic mass is 19.1. The Morgan fingerprint density at radius 2 is 1.59 bits per heavy atom. The Bertz CT molecular complexity index is 1310. The molecule has 1 atom stereocenters. The molecule has 0 spiro atoms. The predicted molar refractivity (Wildman–Crippen MR) is 154 cm³/mol. The molecular weight excluding hydrogens is 585 g/mol. The van der Waals surface area contributed by atoms with Crippen LogP contribution < -0.4 is 5.32 Å². The van der Waals surface area contributed by atoms with Gasteiger partial charge in [-0.1, -0.05) is 34.3 Å². The number of aliphatic hydroxyl groups is 3. The number of hydrogen-bond acceptors (Lipinski definition) is 12. The maximum atomic E-state index is 15.1. The highest BCUT2D eigenvalue weighted by Gasteiger charge is 2.44. The minimum atomic E-state index is -1.33. The fourth-order valence-electron chi connectivity index (χ4n) is 4.66. The molecule has 0 saturated carbocycles. The zero-order valence-electron chi connectivity index (χ0n) is 25.1. The van der Waals surface area contributed by atoms with E-state index in [1.807, 2.05) is 27.7 Å². The van der Waals surface area contributed by atoms with Crippen molar-refractivity contribution in [3.63, 3.8) is 0 Å². The summed E-state index contributed by atoms with van der Waals surface area (Å²) in [7, 11) is 0. The van der Waals surface area contributed by atoms with Gasteiger partial charge in [0.1, 0.15) is 12.6 Å². The van der Waals surface area contributed by atoms with Crippen molar-refractivity contribution in [2.24, 2.45) is 0 Å². The SMILES string of the molecule is C=C(O)/C(O)=C1/C(=O)N(C2CCC(=O)NC2=O)C/C1=C(/O)OCc1c(O)c(O)c(CN2CCOCC2)c(O)c1F.CC.CC. The van der Waals surface area contributed by atoms with E-state index in [1.165, 1.54) is 0 Å². The van der Waals surface area contributed by atoms with Gasteiger partial charge in [-0.15, -0.1) is 0 Å². The van der Waals surface area contributed by atoms with Crippen LogP contribution in [0.5, 0.6) is 17.2 Å². The van der Waals surface area contributed by atoms with E-state index < -0.39 is 94.2 Å². The van der Waals surface area contributed by atoms with Crippen molar-refractivity contribution < 1.29 is 58.9 Å². The van der Waals surface area contributed by atoms with Crippen molar-refractivity contribution in [3.8, 4) is 17.2 Å². The lowest BCUT2D eigenvalue weighted by atomic mass is 10.0. The van der Waals surface area contributed by atoms with Crippen LogP contribution in [0.4, 0.5) is 4.39 Å². The average Bonchev–Trinajstić information content (AvgIpc) is 3.36. The lowest BCUT2D eigenvalue weighted by Crippen LogP contribution is -2.53. The fourth-order valence-corrected chi connectivity index (χ4v) is 4.66. The molecule has 0 aromatic heterocycles. The Balaban J connectivity index is 0.00000162. The molecule has 3 heterocycles. The van der Waals surface area contributed by atoms with E-state index in [-0.39, 0.29) is 24.9 Å². The number of hydrogen-bond donors (Lipinski definition) is 7. The molecule has 0 aliphatic carbocycles. The molecule has 3 amide bonds. The summed E-state index contributed by atoms with van der Waals surface area (Å²) >= 11 is 0. The van der Waals surface area contributed by atoms with Crippen LogP contribution in [0.2, 0.25) is 0 Å². The molecular formula is C29H40FN3O11. The molecule has 3 aliphatic heterocycles. The highest BCUT2D eigenvalue weighted by Crippen LogP contribution is 2.43. The summed E-state index contributed by atoms with van der Waals surface area (Å²) in [6, 6.07) is -1.15. The molecule has 244 valence electrons. The van der Waals surface area contributed by atoms with Crippen molar-refractivity contribution >= 4 is 17.7 Å². The standard InChI is InChI=1S/C25H28FN3O11.2C2H6/c1-11(30)19(32)17-12(9-29(24(17)37)15-2-3-16(31)27-23(15)36)25(38)40-10-14-18(26)20(33)13(21(34)22(14)35)8-28-4-6-39-7-5-28;2*1-2/h15,30,32-35,38H,1-10H2,(H,27,31,36);2*1-2H3/b19-17-,25-12+;;. The average molecular weight is 626 g/mol. The second kappa shape index (κ2) is 15.8. The van der Waals surface area contributed by atoms with Gasteiger partial charge in [0.25, 0.3) is 11.9 Å². The van der Waals surface area contributed by atoms with Gasteiger partial charge in [-0.05, 0) is 6.42 Å². The van der Waals surface area contributed by atoms with E-state index in [0.717, 1.165) is 4.90 Å². The lowest BCUT2D eigenvalue weighted by Gasteiger charge is -2.28. The summed E-state index contributed by atoms with van der Waals surface area (Å²) < 4.78 is 25.4. The van der Waals surface area contributed by atoms with E-state index in [2.05, 4.69) is 11.9 Å². The molecule has 44 heavy (non-hydrogen) atoms. The van der Waals surface area contributed by atoms with Gasteiger partial charge in [-0.25, -0.2) is 4.39 Å². The maximum absolute atomic E-state index is 15.1. The summed E-state index contributed by atoms with van der Waals surface area (Å²) in [5.74, 6) is -9.36. The van der Waals surface area contributed by atoms with Gasteiger partial charge >= 0.3 is 0 Å². The first-order valence-corrected chi connectivity index (χ1v) is 14.2. The number of nitrogens with one attached hydrogen (secondary N) is 1. The number of amides is 3. The molecule has 1 aromatic rings. The largest absolute Gasteiger partial charge is 0.505 e. The number of aromatic hydroxyl groups is 3. The van der Waals surface area contributed by atoms with Crippen LogP contribution in [-0.2, 0) is 37.0 Å². The smallest absolute Gasteiger partial charge is 0.283 e. The number of piperidine rings is 1. The molecule has 1 unspecified atom stereocenters. The molecule has 14 nitrogen and oxygen atoms in total. The number of halogens is 1. The highest BCUT2D eigenvalue weighted by molar-refractivity contribution is 6.07. The van der Waals surface area contributed by atoms with Crippen molar-refractivity contribution in [2.75, 3.05) is 32.8 Å². The molecule has 3 aliphatic rings. The summed E-state index contributed by atoms with van der Waals surface area (Å²) in [4.78, 5) is 39.6. The molecule has 1 aromatic carbocycles. The molecule has 15 heteroatoms. The second-order valence-electron chi connectivity index (χ2n) is 9.35. The van der Waals surface area contributed by atoms with Gasteiger partial charge in [-0.3, -0.25) is 24.6 Å². The minimum absolute atomic E-state index is 0.0478. The molecule has 4 rings (SSSR count). The van der Waals surface area contributed by atoms with Crippen LogP contribution in [0, 0.1) is 5.82 Å². The van der Waals surface area contributed by atoms with Crippen LogP contribution in [-0.4, -0.2) is 97.1 Å². The van der Waals surface area contributed by atoms with Gasteiger partial charge in [0, 0.05) is 26.1 Å². The first-order chi connectivity index (χ1) is 20.9. The van der Waals surface area contributed by atoms with E-state index in [4.69, 9.17) is 9.47 Å². The predicted octanol–water partition coefficient (Wildman–Crippen LogP) is 2.64. The second-order valence-corrected chi connectivity index (χ2v) is 9.35. The number of imide groups is 1. The Labute approximate surface area is 253 Å². The monoisotopic (exact) mass is 625 g/mol. The van der Waals surface area contributed by atoms with E-state index in [9.17, 15) is 45.0 Å². The van der Waals surface area contributed by atoms with Crippen molar-refractivity contribution in [2.45, 2.75) is 59.7 Å². The van der Waals surface area contributed by atoms with Gasteiger partial charge in [0.15, 0.2) is 34.6 Å². The number of benzene rings is 1. The topological polar surface area (TPSA) is 210 Å². The lowest BCUT2D eigenvalue weighted by molar-refractivity contribution is -0.142. The van der Waals surface area contributed by atoms with Gasteiger partial charge in [0.2, 0.25) is 11.8 Å². The number of ether oxygens (including phenoxy) is 2. The first kappa shape index (κ1) is 35.7. The normalized spacial score (nSPS) is 21.0. The van der Waals surface area contributed by atoms with Crippen molar-refractivity contribution in [3.05, 3.63) is 52.1 Å². The summed E-state index contributed by atoms with van der Waals surface area (Å²) in [6.45, 7) is 11.3. The van der Waals surface area contributed by atoms with Gasteiger partial charge < -0.3 is 45.0 Å². The number of carbonyl (C=O) groups is 3. The molecule has 0 radical (unpaired) electrons. The third kappa shape index (κ3) is 7.52. The van der Waals surface area contributed by atoms with Crippen molar-refractivity contribution in [1.82, 2.24) is 15.1 Å². The zero-order valence-corrected chi connectivity index (χ0v) is 25.1. The molecule has 3 saturated heterocycles. The first-order valence-electron chi connectivity index (χ1n) is 14.2. The number of rotatable bonds is 7. The number of phenolic OH excluding ortho intramolecular Hbond substituents is 3. The Morgan fingerprint density at radius 1 is 1.00 bits per heavy atom. The van der Waals surface area contributed by atoms with E-state index in [1.54, 1.807) is 4.90 Å². The Hall–Kier alpha value is -4.50. The van der Waals surface area contributed by atoms with Crippen LogP contribution in [0.15, 0.2) is 35.2 Å². The van der Waals surface area contributed by atoms with Crippen LogP contribution in [0.25, 0.3) is 0 Å². The quantitative estimate of drug-likeness (QED) is 0.0767. The molecule has 7 N–H and O–H groups in total. The van der Waals surface area contributed by atoms with Crippen LogP contribution >= 0.6 is 0 Å². The van der Waals surface area contributed by atoms with Crippen LogP contribution in [0.3, 0.4) is 0 Å². The summed E-state index contributed by atoms with van der Waals surface area (Å²) in [5.41, 5.74) is -2.06. The number of likely N-dealkylation sites (tertiary alicyclic amines) is 1. The third-order valence-electron chi connectivity index (χ3n) is 6.85. The maximum Gasteiger partial charge on any atom is 0.283 e. The fraction of sp³-hybridized carbons (Fsp3) is 0.483. The van der Waals surface area contributed by atoms with Gasteiger partial charge in [0.05, 0.1) is 42.0 Å². The van der Waals surface area contributed by atoms with E-state index in [0.29, 0.717) is 26.3 Å². The molecule has 3 fully saturated rings. The van der Waals surface area contributed by atoms with Crippen molar-refractivity contribution in [1.29, 1.82) is 0 Å². The number of carbonyl (C=O) groups excluding carboxylic acids is 3. The summed E-state index contributed by atoms with van der Waals surface area (Å²) in [5, 5.41) is 64.1. The number of aliphatic hydroxyl groups excluding tert-OH is 3. The molecule has 0 bridgehead atoms. The minimum Gasteiger partial charge on any atom is -0.505 e. The number of morpholine rings is 1. The van der Waals surface area contributed by atoms with Gasteiger partial charge in [-0.2, -0.15) is 0 Å². The zero-order chi connectivity index (χ0) is 33.3. The Kier molecular flexibility index (Phi) is 12.8. The number of phenols is 3. The Morgan fingerprint density at radius 3 is 2.16 bits per heavy atom. The summed E-state index contributed by atoms with van der Waals surface area (Å²) in [6.07, 6.45) is -0.125. The van der Waals surface area contributed by atoms with Crippen LogP contribution in [0.1, 0.15) is 51.7 Å². The third-order valence-corrected chi connectivity index (χ3v) is 6.85. The van der Waals surface area contributed by atoms with E-state index >= 15 is 4.39 Å². The number of nitrogens with zero attached hydrogens (tertiary/aromatic N) is 2.